The van der Waals surface area contributed by atoms with E-state index in [9.17, 15) is 0 Å². The number of halogens is 1. The fourth-order valence-corrected chi connectivity index (χ4v) is 2.35. The van der Waals surface area contributed by atoms with E-state index in [-0.39, 0.29) is 6.10 Å². The molecule has 0 N–H and O–H groups in total. The average Bonchev–Trinajstić information content (AvgIpc) is 2.38. The quantitative estimate of drug-likeness (QED) is 0.746. The van der Waals surface area contributed by atoms with Crippen LogP contribution >= 0.6 is 15.9 Å². The van der Waals surface area contributed by atoms with Gasteiger partial charge in [-0.05, 0) is 66.5 Å². The zero-order valence-corrected chi connectivity index (χ0v) is 13.6. The molecule has 0 saturated carbocycles. The Hall–Kier alpha value is -1.42. The fourth-order valence-electron chi connectivity index (χ4n) is 1.92. The predicted octanol–water partition coefficient (Wildman–Crippen LogP) is 4.65. The summed E-state index contributed by atoms with van der Waals surface area (Å²) in [5.74, 6) is 1.75. The first kappa shape index (κ1) is 15.0. The van der Waals surface area contributed by atoms with Crippen molar-refractivity contribution in [1.82, 2.24) is 9.97 Å². The van der Waals surface area contributed by atoms with Crippen LogP contribution in [0.15, 0.2) is 34.9 Å². The van der Waals surface area contributed by atoms with Crippen LogP contribution in [0.3, 0.4) is 0 Å². The smallest absolute Gasteiger partial charge is 0.130 e. The maximum atomic E-state index is 5.65. The lowest BCUT2D eigenvalue weighted by molar-refractivity contribution is 0.242. The highest BCUT2D eigenvalue weighted by atomic mass is 79.9. The van der Waals surface area contributed by atoms with Gasteiger partial charge in [0.15, 0.2) is 0 Å². The molecule has 0 aliphatic carbocycles. The van der Waals surface area contributed by atoms with Gasteiger partial charge in [-0.25, -0.2) is 9.97 Å². The first-order chi connectivity index (χ1) is 9.58. The molecule has 1 aromatic carbocycles. The number of hydrogen-bond donors (Lipinski definition) is 0. The van der Waals surface area contributed by atoms with Crippen LogP contribution in [0.4, 0.5) is 0 Å². The molecule has 0 fully saturated rings. The molecule has 0 spiro atoms. The predicted molar refractivity (Wildman–Crippen MR) is 84.9 cm³/mol. The van der Waals surface area contributed by atoms with Gasteiger partial charge in [-0.3, -0.25) is 0 Å². The first-order valence-corrected chi connectivity index (χ1v) is 7.68. The van der Waals surface area contributed by atoms with Gasteiger partial charge in [0.1, 0.15) is 16.2 Å². The third kappa shape index (κ3) is 4.04. The molecule has 0 bridgehead atoms. The van der Waals surface area contributed by atoms with Crippen LogP contribution in [0.5, 0.6) is 5.75 Å². The molecule has 0 aliphatic rings. The van der Waals surface area contributed by atoms with Crippen molar-refractivity contribution < 1.29 is 4.74 Å². The van der Waals surface area contributed by atoms with Gasteiger partial charge in [-0.1, -0.05) is 6.92 Å². The van der Waals surface area contributed by atoms with Crippen LogP contribution < -0.4 is 4.74 Å². The molecular formula is C16H19BrN2O. The molecule has 1 heterocycles. The summed E-state index contributed by atoms with van der Waals surface area (Å²) in [6, 6.07) is 9.96. The SMILES string of the molecule is CCCc1nc(Br)cc(-c2ccc(OC(C)C)cc2)n1. The van der Waals surface area contributed by atoms with Crippen molar-refractivity contribution in [3.63, 3.8) is 0 Å². The summed E-state index contributed by atoms with van der Waals surface area (Å²) in [5, 5.41) is 0. The number of nitrogens with zero attached hydrogens (tertiary/aromatic N) is 2. The van der Waals surface area contributed by atoms with Gasteiger partial charge in [0.25, 0.3) is 0 Å². The van der Waals surface area contributed by atoms with Gasteiger partial charge >= 0.3 is 0 Å². The van der Waals surface area contributed by atoms with Gasteiger partial charge in [-0.2, -0.15) is 0 Å². The van der Waals surface area contributed by atoms with E-state index in [0.29, 0.717) is 0 Å². The molecule has 1 aromatic heterocycles. The molecule has 2 aromatic rings. The minimum Gasteiger partial charge on any atom is -0.491 e. The summed E-state index contributed by atoms with van der Waals surface area (Å²) in [7, 11) is 0. The monoisotopic (exact) mass is 334 g/mol. The second kappa shape index (κ2) is 6.84. The Morgan fingerprint density at radius 2 is 1.85 bits per heavy atom. The molecule has 0 atom stereocenters. The van der Waals surface area contributed by atoms with Crippen molar-refractivity contribution in [2.75, 3.05) is 0 Å². The highest BCUT2D eigenvalue weighted by Crippen LogP contribution is 2.23. The molecule has 3 nitrogen and oxygen atoms in total. The van der Waals surface area contributed by atoms with E-state index in [1.807, 2.05) is 44.2 Å². The third-order valence-corrected chi connectivity index (χ3v) is 3.14. The van der Waals surface area contributed by atoms with Crippen LogP contribution in [0.25, 0.3) is 11.3 Å². The van der Waals surface area contributed by atoms with Crippen molar-refractivity contribution >= 4 is 15.9 Å². The van der Waals surface area contributed by atoms with E-state index >= 15 is 0 Å². The summed E-state index contributed by atoms with van der Waals surface area (Å²) >= 11 is 3.45. The summed E-state index contributed by atoms with van der Waals surface area (Å²) in [5.41, 5.74) is 2.01. The molecule has 0 radical (unpaired) electrons. The maximum absolute atomic E-state index is 5.65. The number of aromatic nitrogens is 2. The van der Waals surface area contributed by atoms with E-state index < -0.39 is 0 Å². The van der Waals surface area contributed by atoms with Crippen molar-refractivity contribution in [1.29, 1.82) is 0 Å². The van der Waals surface area contributed by atoms with Crippen molar-refractivity contribution in [2.24, 2.45) is 0 Å². The first-order valence-electron chi connectivity index (χ1n) is 6.89. The molecule has 4 heteroatoms. The highest BCUT2D eigenvalue weighted by Gasteiger charge is 2.06. The summed E-state index contributed by atoms with van der Waals surface area (Å²) < 4.78 is 6.48. The van der Waals surface area contributed by atoms with Crippen LogP contribution in [0.1, 0.15) is 33.0 Å². The van der Waals surface area contributed by atoms with Gasteiger partial charge in [0, 0.05) is 12.0 Å². The lowest BCUT2D eigenvalue weighted by Crippen LogP contribution is -2.05. The molecule has 0 aliphatic heterocycles. The summed E-state index contributed by atoms with van der Waals surface area (Å²) in [6.45, 7) is 6.17. The van der Waals surface area contributed by atoms with Crippen LogP contribution in [-0.4, -0.2) is 16.1 Å². The Morgan fingerprint density at radius 3 is 2.45 bits per heavy atom. The Bertz CT molecular complexity index is 567. The van der Waals surface area contributed by atoms with E-state index in [1.165, 1.54) is 0 Å². The zero-order valence-electron chi connectivity index (χ0n) is 12.1. The van der Waals surface area contributed by atoms with E-state index in [0.717, 1.165) is 40.3 Å². The Labute approximate surface area is 128 Å². The standard InChI is InChI=1S/C16H19BrN2O/c1-4-5-16-18-14(10-15(17)19-16)12-6-8-13(9-7-12)20-11(2)3/h6-11H,4-5H2,1-3H3. The average molecular weight is 335 g/mol. The molecular weight excluding hydrogens is 316 g/mol. The summed E-state index contributed by atoms with van der Waals surface area (Å²) in [4.78, 5) is 8.99. The van der Waals surface area contributed by atoms with Crippen LogP contribution in [0, 0.1) is 0 Å². The van der Waals surface area contributed by atoms with Crippen LogP contribution in [0.2, 0.25) is 0 Å². The minimum absolute atomic E-state index is 0.185. The molecule has 0 unspecified atom stereocenters. The normalized spacial score (nSPS) is 10.8. The molecule has 106 valence electrons. The molecule has 20 heavy (non-hydrogen) atoms. The van der Waals surface area contributed by atoms with Gasteiger partial charge < -0.3 is 4.74 Å². The van der Waals surface area contributed by atoms with Crippen molar-refractivity contribution in [3.8, 4) is 17.0 Å². The Morgan fingerprint density at radius 1 is 1.15 bits per heavy atom. The number of benzene rings is 1. The zero-order chi connectivity index (χ0) is 14.5. The number of rotatable bonds is 5. The Balaban J connectivity index is 2.26. The lowest BCUT2D eigenvalue weighted by atomic mass is 10.1. The topological polar surface area (TPSA) is 35.0 Å². The molecule has 0 saturated heterocycles. The van der Waals surface area contributed by atoms with Crippen molar-refractivity contribution in [3.05, 3.63) is 40.8 Å². The second-order valence-corrected chi connectivity index (χ2v) is 5.75. The van der Waals surface area contributed by atoms with Crippen LogP contribution in [-0.2, 0) is 6.42 Å². The van der Waals surface area contributed by atoms with Gasteiger partial charge in [0.05, 0.1) is 11.8 Å². The highest BCUT2D eigenvalue weighted by molar-refractivity contribution is 9.10. The largest absolute Gasteiger partial charge is 0.491 e. The minimum atomic E-state index is 0.185. The van der Waals surface area contributed by atoms with E-state index in [1.54, 1.807) is 0 Å². The maximum Gasteiger partial charge on any atom is 0.130 e. The number of hydrogen-bond acceptors (Lipinski definition) is 3. The fraction of sp³-hybridized carbons (Fsp3) is 0.375. The third-order valence-electron chi connectivity index (χ3n) is 2.74. The molecule has 0 amide bonds. The van der Waals surface area contributed by atoms with Gasteiger partial charge in [-0.15, -0.1) is 0 Å². The second-order valence-electron chi connectivity index (χ2n) is 4.93. The Kier molecular flexibility index (Phi) is 5.12. The van der Waals surface area contributed by atoms with E-state index in [4.69, 9.17) is 4.74 Å². The lowest BCUT2D eigenvalue weighted by Gasteiger charge is -2.10. The van der Waals surface area contributed by atoms with Gasteiger partial charge in [0.2, 0.25) is 0 Å². The van der Waals surface area contributed by atoms with E-state index in [2.05, 4.69) is 32.8 Å². The number of ether oxygens (including phenoxy) is 1. The molecule has 2 rings (SSSR count). The number of aryl methyl sites for hydroxylation is 1. The summed E-state index contributed by atoms with van der Waals surface area (Å²) in [6.07, 6.45) is 2.11. The van der Waals surface area contributed by atoms with Crippen molar-refractivity contribution in [2.45, 2.75) is 39.7 Å².